The molecule has 0 radical (unpaired) electrons. The molecule has 1 heterocycles. The van der Waals surface area contributed by atoms with Gasteiger partial charge in [-0.2, -0.15) is 0 Å². The van der Waals surface area contributed by atoms with E-state index >= 15 is 0 Å². The zero-order chi connectivity index (χ0) is 12.3. The molecule has 0 aromatic heterocycles. The molecule has 17 heavy (non-hydrogen) atoms. The number of ether oxygens (including phenoxy) is 1. The lowest BCUT2D eigenvalue weighted by atomic mass is 9.93. The average Bonchev–Trinajstić information content (AvgIpc) is 2.87. The first kappa shape index (κ1) is 12.8. The Morgan fingerprint density at radius 1 is 1.53 bits per heavy atom. The van der Waals surface area contributed by atoms with Gasteiger partial charge in [-0.1, -0.05) is 6.42 Å². The molecule has 1 aliphatic carbocycles. The summed E-state index contributed by atoms with van der Waals surface area (Å²) in [5.74, 6) is 1.45. The van der Waals surface area contributed by atoms with Crippen LogP contribution < -0.4 is 10.6 Å². The molecular weight excluding hydrogens is 216 g/mol. The largest absolute Gasteiger partial charge is 0.380 e. The summed E-state index contributed by atoms with van der Waals surface area (Å²) in [5, 5.41) is 6.41. The lowest BCUT2D eigenvalue weighted by molar-refractivity contribution is -0.124. The highest BCUT2D eigenvalue weighted by Crippen LogP contribution is 2.37. The lowest BCUT2D eigenvalue weighted by Crippen LogP contribution is -2.48. The molecule has 4 unspecified atom stereocenters. The average molecular weight is 240 g/mol. The maximum atomic E-state index is 12.1. The first-order valence-corrected chi connectivity index (χ1v) is 6.84. The van der Waals surface area contributed by atoms with E-state index < -0.39 is 0 Å². The van der Waals surface area contributed by atoms with Gasteiger partial charge in [0.25, 0.3) is 0 Å². The minimum Gasteiger partial charge on any atom is -0.380 e. The molecule has 1 saturated heterocycles. The summed E-state index contributed by atoms with van der Waals surface area (Å²) in [4.78, 5) is 12.1. The molecular formula is C13H24N2O2. The van der Waals surface area contributed by atoms with Gasteiger partial charge in [-0.15, -0.1) is 0 Å². The highest BCUT2D eigenvalue weighted by atomic mass is 16.5. The predicted octanol–water partition coefficient (Wildman–Crippen LogP) is 0.916. The van der Waals surface area contributed by atoms with Crippen LogP contribution in [-0.2, 0) is 9.53 Å². The minimum atomic E-state index is 0.0339. The van der Waals surface area contributed by atoms with Crippen molar-refractivity contribution in [3.63, 3.8) is 0 Å². The van der Waals surface area contributed by atoms with Gasteiger partial charge in [0.2, 0.25) is 5.91 Å². The van der Waals surface area contributed by atoms with Crippen molar-refractivity contribution in [2.24, 2.45) is 11.8 Å². The molecule has 0 bridgehead atoms. The Morgan fingerprint density at radius 3 is 3.12 bits per heavy atom. The Hall–Kier alpha value is -0.610. The Balaban J connectivity index is 1.79. The Kier molecular flexibility index (Phi) is 4.40. The fourth-order valence-corrected chi connectivity index (χ4v) is 3.14. The minimum absolute atomic E-state index is 0.0339. The van der Waals surface area contributed by atoms with E-state index in [9.17, 15) is 4.79 Å². The number of hydrogen-bond acceptors (Lipinski definition) is 3. The second-order valence-electron chi connectivity index (χ2n) is 5.31. The second kappa shape index (κ2) is 5.83. The van der Waals surface area contributed by atoms with Gasteiger partial charge in [-0.25, -0.2) is 0 Å². The van der Waals surface area contributed by atoms with E-state index in [0.717, 1.165) is 12.5 Å². The fourth-order valence-electron chi connectivity index (χ4n) is 3.14. The van der Waals surface area contributed by atoms with Gasteiger partial charge < -0.3 is 15.4 Å². The highest BCUT2D eigenvalue weighted by molar-refractivity contribution is 5.82. The molecule has 4 heteroatoms. The summed E-state index contributed by atoms with van der Waals surface area (Å²) >= 11 is 0. The summed E-state index contributed by atoms with van der Waals surface area (Å²) in [6.45, 7) is 6.28. The Morgan fingerprint density at radius 2 is 2.35 bits per heavy atom. The Bertz CT molecular complexity index is 270. The van der Waals surface area contributed by atoms with Crippen LogP contribution >= 0.6 is 0 Å². The number of nitrogens with one attached hydrogen (secondary N) is 2. The third kappa shape index (κ3) is 2.99. The van der Waals surface area contributed by atoms with Gasteiger partial charge in [-0.3, -0.25) is 4.79 Å². The van der Waals surface area contributed by atoms with E-state index in [0.29, 0.717) is 19.1 Å². The molecule has 2 fully saturated rings. The summed E-state index contributed by atoms with van der Waals surface area (Å²) in [7, 11) is 0. The monoisotopic (exact) mass is 240 g/mol. The van der Waals surface area contributed by atoms with E-state index in [1.807, 2.05) is 13.8 Å². The summed E-state index contributed by atoms with van der Waals surface area (Å²) in [6.07, 6.45) is 3.78. The number of amides is 1. The van der Waals surface area contributed by atoms with Crippen molar-refractivity contribution in [3.05, 3.63) is 0 Å². The van der Waals surface area contributed by atoms with Crippen molar-refractivity contribution in [1.29, 1.82) is 0 Å². The molecule has 2 aliphatic rings. The molecule has 0 aromatic carbocycles. The lowest BCUT2D eigenvalue weighted by Gasteiger charge is -2.21. The summed E-state index contributed by atoms with van der Waals surface area (Å²) in [5.41, 5.74) is 0. The molecule has 0 aromatic rings. The zero-order valence-electron chi connectivity index (χ0n) is 10.9. The van der Waals surface area contributed by atoms with Crippen molar-refractivity contribution in [3.8, 4) is 0 Å². The SMILES string of the molecule is CCOCC(C)NC(=O)C1NCC2CCCC21. The van der Waals surface area contributed by atoms with Gasteiger partial charge in [0.15, 0.2) is 0 Å². The zero-order valence-corrected chi connectivity index (χ0v) is 10.9. The van der Waals surface area contributed by atoms with Gasteiger partial charge in [0.1, 0.15) is 0 Å². The van der Waals surface area contributed by atoms with Gasteiger partial charge in [0, 0.05) is 12.6 Å². The van der Waals surface area contributed by atoms with Crippen LogP contribution in [0.4, 0.5) is 0 Å². The molecule has 1 aliphatic heterocycles. The molecule has 1 amide bonds. The van der Waals surface area contributed by atoms with E-state index in [1.54, 1.807) is 0 Å². The second-order valence-corrected chi connectivity index (χ2v) is 5.31. The van der Waals surface area contributed by atoms with E-state index in [2.05, 4.69) is 10.6 Å². The summed E-state index contributed by atoms with van der Waals surface area (Å²) < 4.78 is 5.31. The van der Waals surface area contributed by atoms with Crippen LogP contribution in [0.2, 0.25) is 0 Å². The predicted molar refractivity (Wildman–Crippen MR) is 66.7 cm³/mol. The van der Waals surface area contributed by atoms with Crippen LogP contribution in [0.5, 0.6) is 0 Å². The van der Waals surface area contributed by atoms with Crippen LogP contribution in [-0.4, -0.2) is 37.7 Å². The molecule has 4 atom stereocenters. The third-order valence-electron chi connectivity index (χ3n) is 3.99. The van der Waals surface area contributed by atoms with Gasteiger partial charge in [-0.05, 0) is 45.1 Å². The molecule has 98 valence electrons. The van der Waals surface area contributed by atoms with Crippen molar-refractivity contribution in [1.82, 2.24) is 10.6 Å². The maximum Gasteiger partial charge on any atom is 0.237 e. The maximum absolute atomic E-state index is 12.1. The van der Waals surface area contributed by atoms with Crippen LogP contribution in [0.15, 0.2) is 0 Å². The number of hydrogen-bond donors (Lipinski definition) is 2. The van der Waals surface area contributed by atoms with E-state index in [1.165, 1.54) is 19.3 Å². The third-order valence-corrected chi connectivity index (χ3v) is 3.99. The van der Waals surface area contributed by atoms with Crippen LogP contribution in [0, 0.1) is 11.8 Å². The summed E-state index contributed by atoms with van der Waals surface area (Å²) in [6, 6.07) is 0.135. The number of carbonyl (C=O) groups is 1. The topological polar surface area (TPSA) is 50.4 Å². The van der Waals surface area contributed by atoms with Crippen LogP contribution in [0.3, 0.4) is 0 Å². The number of carbonyl (C=O) groups excluding carboxylic acids is 1. The highest BCUT2D eigenvalue weighted by Gasteiger charge is 2.42. The molecule has 2 rings (SSSR count). The standard InChI is InChI=1S/C13H24N2O2/c1-3-17-8-9(2)15-13(16)12-11-6-4-5-10(11)7-14-12/h9-12,14H,3-8H2,1-2H3,(H,15,16). The van der Waals surface area contributed by atoms with Crippen LogP contribution in [0.1, 0.15) is 33.1 Å². The van der Waals surface area contributed by atoms with E-state index in [4.69, 9.17) is 4.74 Å². The van der Waals surface area contributed by atoms with Crippen LogP contribution in [0.25, 0.3) is 0 Å². The Labute approximate surface area is 103 Å². The molecule has 4 nitrogen and oxygen atoms in total. The van der Waals surface area contributed by atoms with Crippen molar-refractivity contribution in [2.75, 3.05) is 19.8 Å². The number of rotatable bonds is 5. The molecule has 2 N–H and O–H groups in total. The van der Waals surface area contributed by atoms with Crippen molar-refractivity contribution in [2.45, 2.75) is 45.2 Å². The molecule has 1 saturated carbocycles. The normalized spacial score (nSPS) is 33.4. The number of fused-ring (bicyclic) bond motifs is 1. The first-order valence-electron chi connectivity index (χ1n) is 6.84. The fraction of sp³-hybridized carbons (Fsp3) is 0.923. The van der Waals surface area contributed by atoms with Gasteiger partial charge >= 0.3 is 0 Å². The smallest absolute Gasteiger partial charge is 0.237 e. The quantitative estimate of drug-likeness (QED) is 0.751. The first-order chi connectivity index (χ1) is 8.22. The van der Waals surface area contributed by atoms with Gasteiger partial charge in [0.05, 0.1) is 12.6 Å². The molecule has 0 spiro atoms. The van der Waals surface area contributed by atoms with Crippen molar-refractivity contribution >= 4 is 5.91 Å². The van der Waals surface area contributed by atoms with Crippen molar-refractivity contribution < 1.29 is 9.53 Å². The van der Waals surface area contributed by atoms with E-state index in [-0.39, 0.29) is 18.0 Å².